The lowest BCUT2D eigenvalue weighted by molar-refractivity contribution is 0.0570. The normalized spacial score (nSPS) is 27.0. The van der Waals surface area contributed by atoms with Gasteiger partial charge in [-0.3, -0.25) is 0 Å². The van der Waals surface area contributed by atoms with Crippen LogP contribution >= 0.6 is 0 Å². The first kappa shape index (κ1) is 12.7. The van der Waals surface area contributed by atoms with E-state index in [1.165, 1.54) is 13.4 Å². The Labute approximate surface area is 110 Å². The van der Waals surface area contributed by atoms with Crippen LogP contribution in [-0.4, -0.2) is 42.4 Å². The molecule has 0 radical (unpaired) electrons. The van der Waals surface area contributed by atoms with Crippen LogP contribution < -0.4 is 4.90 Å². The Hall–Kier alpha value is -1.30. The van der Waals surface area contributed by atoms with Crippen molar-refractivity contribution >= 4 is 5.82 Å². The summed E-state index contributed by atoms with van der Waals surface area (Å²) in [6, 6.07) is 0. The topological polar surface area (TPSA) is 38.2 Å². The third kappa shape index (κ3) is 2.41. The highest BCUT2D eigenvalue weighted by Crippen LogP contribution is 2.41. The van der Waals surface area contributed by atoms with E-state index in [-0.39, 0.29) is 30.7 Å². The maximum atomic E-state index is 14.3. The van der Waals surface area contributed by atoms with Gasteiger partial charge in [0.25, 0.3) is 0 Å². The third-order valence-corrected chi connectivity index (χ3v) is 3.77. The second kappa shape index (κ2) is 4.67. The van der Waals surface area contributed by atoms with Crippen molar-refractivity contribution in [2.45, 2.75) is 30.8 Å². The van der Waals surface area contributed by atoms with Crippen molar-refractivity contribution in [3.63, 3.8) is 0 Å². The number of rotatable bonds is 4. The lowest BCUT2D eigenvalue weighted by atomic mass is 10.1. The van der Waals surface area contributed by atoms with Crippen molar-refractivity contribution in [1.82, 2.24) is 9.97 Å². The number of anilines is 1. The second-order valence-corrected chi connectivity index (χ2v) is 5.43. The molecule has 0 bridgehead atoms. The van der Waals surface area contributed by atoms with Gasteiger partial charge >= 0.3 is 0 Å². The molecule has 1 unspecified atom stereocenters. The lowest BCUT2D eigenvalue weighted by Crippen LogP contribution is -2.34. The van der Waals surface area contributed by atoms with Gasteiger partial charge in [0.2, 0.25) is 0 Å². The Balaban J connectivity index is 1.82. The summed E-state index contributed by atoms with van der Waals surface area (Å²) in [5.74, 6) is 0.0673. The zero-order valence-corrected chi connectivity index (χ0v) is 10.9. The van der Waals surface area contributed by atoms with Gasteiger partial charge in [0.15, 0.2) is 17.3 Å². The average Bonchev–Trinajstić information content (AvgIpc) is 3.14. The Morgan fingerprint density at radius 3 is 2.95 bits per heavy atom. The molecule has 0 amide bonds. The van der Waals surface area contributed by atoms with Gasteiger partial charge in [-0.05, 0) is 12.8 Å². The standard InChI is InChI=1S/C13H17F2N3O/c1-19-7-13(15)4-5-18(6-13)12-10(14)11(9-2-3-9)16-8-17-12/h8-9H,2-7H2,1H3. The van der Waals surface area contributed by atoms with Crippen molar-refractivity contribution in [3.8, 4) is 0 Å². The minimum absolute atomic E-state index is 0.0334. The van der Waals surface area contributed by atoms with Crippen molar-refractivity contribution in [2.24, 2.45) is 0 Å². The summed E-state index contributed by atoms with van der Waals surface area (Å²) < 4.78 is 33.5. The highest BCUT2D eigenvalue weighted by atomic mass is 19.1. The summed E-state index contributed by atoms with van der Waals surface area (Å²) in [4.78, 5) is 9.66. The predicted octanol–water partition coefficient (Wildman–Crippen LogP) is 2.06. The van der Waals surface area contributed by atoms with Crippen molar-refractivity contribution < 1.29 is 13.5 Å². The van der Waals surface area contributed by atoms with E-state index in [1.807, 2.05) is 0 Å². The molecule has 19 heavy (non-hydrogen) atoms. The fourth-order valence-electron chi connectivity index (χ4n) is 2.63. The summed E-state index contributed by atoms with van der Waals surface area (Å²) in [6.45, 7) is 0.614. The molecule has 1 aliphatic carbocycles. The van der Waals surface area contributed by atoms with Gasteiger partial charge in [-0.25, -0.2) is 18.7 Å². The smallest absolute Gasteiger partial charge is 0.187 e. The van der Waals surface area contributed by atoms with E-state index in [0.29, 0.717) is 18.7 Å². The maximum Gasteiger partial charge on any atom is 0.187 e. The van der Waals surface area contributed by atoms with E-state index in [1.54, 1.807) is 4.90 Å². The van der Waals surface area contributed by atoms with Gasteiger partial charge in [0, 0.05) is 26.0 Å². The Bertz CT molecular complexity index is 481. The number of hydrogen-bond donors (Lipinski definition) is 0. The van der Waals surface area contributed by atoms with Crippen LogP contribution in [0.4, 0.5) is 14.6 Å². The molecule has 2 fully saturated rings. The molecule has 0 N–H and O–H groups in total. The van der Waals surface area contributed by atoms with Crippen LogP contribution in [0.15, 0.2) is 6.33 Å². The SMILES string of the molecule is COCC1(F)CCN(c2ncnc(C3CC3)c2F)C1. The van der Waals surface area contributed by atoms with Gasteiger partial charge in [0.05, 0.1) is 18.8 Å². The Morgan fingerprint density at radius 1 is 1.47 bits per heavy atom. The highest BCUT2D eigenvalue weighted by molar-refractivity contribution is 5.44. The first-order valence-corrected chi connectivity index (χ1v) is 6.56. The summed E-state index contributed by atoms with van der Waals surface area (Å²) in [5.41, 5.74) is -0.931. The second-order valence-electron chi connectivity index (χ2n) is 5.43. The van der Waals surface area contributed by atoms with Gasteiger partial charge in [0.1, 0.15) is 6.33 Å². The van der Waals surface area contributed by atoms with E-state index < -0.39 is 5.67 Å². The van der Waals surface area contributed by atoms with E-state index in [4.69, 9.17) is 4.74 Å². The zero-order valence-electron chi connectivity index (χ0n) is 10.9. The van der Waals surface area contributed by atoms with Crippen LogP contribution in [0.2, 0.25) is 0 Å². The summed E-state index contributed by atoms with van der Waals surface area (Å²) in [7, 11) is 1.47. The van der Waals surface area contributed by atoms with Crippen molar-refractivity contribution in [2.75, 3.05) is 31.7 Å². The number of nitrogens with zero attached hydrogens (tertiary/aromatic N) is 3. The van der Waals surface area contributed by atoms with E-state index in [0.717, 1.165) is 12.8 Å². The fraction of sp³-hybridized carbons (Fsp3) is 0.692. The number of halogens is 2. The molecule has 2 heterocycles. The minimum atomic E-state index is -1.41. The van der Waals surface area contributed by atoms with E-state index >= 15 is 0 Å². The summed E-state index contributed by atoms with van der Waals surface area (Å²) in [6.07, 6.45) is 3.66. The van der Waals surface area contributed by atoms with Crippen molar-refractivity contribution in [3.05, 3.63) is 17.8 Å². The third-order valence-electron chi connectivity index (χ3n) is 3.77. The molecular weight excluding hydrogens is 252 g/mol. The van der Waals surface area contributed by atoms with Crippen LogP contribution in [0.5, 0.6) is 0 Å². The molecule has 1 aromatic heterocycles. The first-order chi connectivity index (χ1) is 9.13. The Morgan fingerprint density at radius 2 is 2.26 bits per heavy atom. The predicted molar refractivity (Wildman–Crippen MR) is 66.5 cm³/mol. The molecule has 1 atom stereocenters. The fourth-order valence-corrected chi connectivity index (χ4v) is 2.63. The van der Waals surface area contributed by atoms with Gasteiger partial charge < -0.3 is 9.64 Å². The average molecular weight is 269 g/mol. The van der Waals surface area contributed by atoms with Crippen molar-refractivity contribution in [1.29, 1.82) is 0 Å². The van der Waals surface area contributed by atoms with E-state index in [9.17, 15) is 8.78 Å². The summed E-state index contributed by atoms with van der Waals surface area (Å²) in [5, 5.41) is 0. The molecule has 2 aliphatic rings. The van der Waals surface area contributed by atoms with Crippen LogP contribution in [-0.2, 0) is 4.74 Å². The first-order valence-electron chi connectivity index (χ1n) is 6.56. The minimum Gasteiger partial charge on any atom is -0.381 e. The van der Waals surface area contributed by atoms with Crippen LogP contribution in [0.3, 0.4) is 0 Å². The van der Waals surface area contributed by atoms with Crippen LogP contribution in [0, 0.1) is 5.82 Å². The molecule has 1 saturated carbocycles. The van der Waals surface area contributed by atoms with E-state index in [2.05, 4.69) is 9.97 Å². The van der Waals surface area contributed by atoms with Crippen LogP contribution in [0.1, 0.15) is 30.9 Å². The molecule has 6 heteroatoms. The zero-order chi connectivity index (χ0) is 13.5. The van der Waals surface area contributed by atoms with Gasteiger partial charge in [-0.15, -0.1) is 0 Å². The number of methoxy groups -OCH3 is 1. The largest absolute Gasteiger partial charge is 0.381 e. The molecule has 3 rings (SSSR count). The number of hydrogen-bond acceptors (Lipinski definition) is 4. The monoisotopic (exact) mass is 269 g/mol. The quantitative estimate of drug-likeness (QED) is 0.838. The summed E-state index contributed by atoms with van der Waals surface area (Å²) >= 11 is 0. The highest BCUT2D eigenvalue weighted by Gasteiger charge is 2.40. The molecule has 1 saturated heterocycles. The molecule has 4 nitrogen and oxygen atoms in total. The molecule has 1 aromatic rings. The molecule has 104 valence electrons. The Kier molecular flexibility index (Phi) is 3.12. The van der Waals surface area contributed by atoms with Gasteiger partial charge in [-0.2, -0.15) is 0 Å². The van der Waals surface area contributed by atoms with Crippen LogP contribution in [0.25, 0.3) is 0 Å². The maximum absolute atomic E-state index is 14.3. The lowest BCUT2D eigenvalue weighted by Gasteiger charge is -2.21. The molecule has 0 spiro atoms. The molecular formula is C13H17F2N3O. The van der Waals surface area contributed by atoms with Gasteiger partial charge in [-0.1, -0.05) is 0 Å². The number of ether oxygens (including phenoxy) is 1. The molecule has 1 aliphatic heterocycles. The molecule has 0 aromatic carbocycles. The number of aromatic nitrogens is 2. The number of alkyl halides is 1.